The fourth-order valence-electron chi connectivity index (χ4n) is 9.22. The van der Waals surface area contributed by atoms with Gasteiger partial charge in [-0.05, 0) is 103 Å². The minimum absolute atomic E-state index is 0.223. The summed E-state index contributed by atoms with van der Waals surface area (Å²) in [6.45, 7) is 3.64. The lowest BCUT2D eigenvalue weighted by Crippen LogP contribution is -2.60. The molecule has 1 aliphatic rings. The van der Waals surface area contributed by atoms with E-state index in [1.807, 2.05) is 6.08 Å². The second kappa shape index (κ2) is 57.6. The van der Waals surface area contributed by atoms with Crippen molar-refractivity contribution in [2.45, 2.75) is 288 Å². The van der Waals surface area contributed by atoms with Gasteiger partial charge in [-0.3, -0.25) is 4.79 Å². The zero-order valence-electron chi connectivity index (χ0n) is 50.1. The fourth-order valence-corrected chi connectivity index (χ4v) is 9.22. The van der Waals surface area contributed by atoms with E-state index in [2.05, 4.69) is 141 Å². The molecule has 0 aromatic heterocycles. The molecular weight excluding hydrogens is 983 g/mol. The van der Waals surface area contributed by atoms with E-state index in [4.69, 9.17) is 9.47 Å². The zero-order valence-corrected chi connectivity index (χ0v) is 50.1. The van der Waals surface area contributed by atoms with Gasteiger partial charge >= 0.3 is 0 Å². The predicted molar refractivity (Wildman–Crippen MR) is 336 cm³/mol. The molecule has 79 heavy (non-hydrogen) atoms. The van der Waals surface area contributed by atoms with Crippen molar-refractivity contribution < 1.29 is 39.8 Å². The Labute approximate surface area is 483 Å². The molecule has 1 amide bonds. The van der Waals surface area contributed by atoms with E-state index in [1.54, 1.807) is 6.08 Å². The van der Waals surface area contributed by atoms with Crippen LogP contribution in [0.5, 0.6) is 0 Å². The smallest absolute Gasteiger partial charge is 0.220 e. The molecule has 450 valence electrons. The number of aliphatic hydroxyl groups excluding tert-OH is 5. The van der Waals surface area contributed by atoms with E-state index >= 15 is 0 Å². The summed E-state index contributed by atoms with van der Waals surface area (Å²) in [5, 5.41) is 54.6. The highest BCUT2D eigenvalue weighted by molar-refractivity contribution is 5.76. The monoisotopic (exact) mass is 1100 g/mol. The molecule has 1 fully saturated rings. The van der Waals surface area contributed by atoms with E-state index in [9.17, 15) is 30.3 Å². The Morgan fingerprint density at radius 1 is 0.443 bits per heavy atom. The van der Waals surface area contributed by atoms with Gasteiger partial charge in [0, 0.05) is 6.42 Å². The van der Waals surface area contributed by atoms with Crippen molar-refractivity contribution in [3.63, 3.8) is 0 Å². The highest BCUT2D eigenvalue weighted by atomic mass is 16.7. The lowest BCUT2D eigenvalue weighted by atomic mass is 9.99. The largest absolute Gasteiger partial charge is 0.394 e. The second-order valence-corrected chi connectivity index (χ2v) is 21.5. The average Bonchev–Trinajstić information content (AvgIpc) is 3.47. The van der Waals surface area contributed by atoms with E-state index in [-0.39, 0.29) is 18.9 Å². The van der Waals surface area contributed by atoms with Crippen molar-refractivity contribution in [2.75, 3.05) is 13.2 Å². The van der Waals surface area contributed by atoms with Crippen LogP contribution in [0, 0.1) is 0 Å². The molecule has 1 heterocycles. The molecule has 0 radical (unpaired) electrons. The zero-order chi connectivity index (χ0) is 57.2. The standard InChI is InChI=1S/C70H117NO8/c1-3-5-7-9-11-13-15-17-19-21-23-25-27-29-30-31-32-33-34-36-38-40-42-44-46-48-50-52-54-56-58-60-66(74)71-63(62-78-70-69(77)68(76)67(75)65(61-72)79-70)64(73)59-57-55-53-51-49-47-45-43-41-39-37-35-28-26-24-22-20-18-16-14-12-10-8-6-4-2/h5,7,11,13,17,19,23,25,29-30,32-33,36,38,42,44,48-51,57,59,63-65,67-70,72-73,75-77H,3-4,6,8-10,12,14-16,18,20-22,24,26-28,31,34-35,37,39-41,43,45-47,52-56,58,60-62H2,1-2H3,(H,71,74)/b7-5-,13-11-,19-17-,25-23-,30-29-,33-32-,38-36-,44-42-,50-48-,51-49+,59-57+. The van der Waals surface area contributed by atoms with Gasteiger partial charge in [-0.1, -0.05) is 270 Å². The Morgan fingerprint density at radius 2 is 0.797 bits per heavy atom. The number of hydrogen-bond donors (Lipinski definition) is 6. The molecule has 0 aliphatic carbocycles. The third-order valence-electron chi connectivity index (χ3n) is 14.2. The van der Waals surface area contributed by atoms with Crippen molar-refractivity contribution in [1.82, 2.24) is 5.32 Å². The van der Waals surface area contributed by atoms with Crippen LogP contribution < -0.4 is 5.32 Å². The van der Waals surface area contributed by atoms with Gasteiger partial charge in [-0.2, -0.15) is 0 Å². The summed E-state index contributed by atoms with van der Waals surface area (Å²) in [7, 11) is 0. The topological polar surface area (TPSA) is 149 Å². The molecule has 1 aliphatic heterocycles. The number of ether oxygens (including phenoxy) is 2. The molecule has 0 aromatic carbocycles. The fraction of sp³-hybridized carbons (Fsp3) is 0.671. The van der Waals surface area contributed by atoms with Crippen LogP contribution in [0.3, 0.4) is 0 Å². The highest BCUT2D eigenvalue weighted by Crippen LogP contribution is 2.23. The minimum Gasteiger partial charge on any atom is -0.394 e. The number of unbranched alkanes of at least 4 members (excludes halogenated alkanes) is 23. The number of rotatable bonds is 53. The molecule has 0 aromatic rings. The number of nitrogens with one attached hydrogen (secondary N) is 1. The summed E-state index contributed by atoms with van der Waals surface area (Å²) in [4.78, 5) is 13.1. The van der Waals surface area contributed by atoms with Crippen LogP contribution in [-0.4, -0.2) is 87.5 Å². The SMILES string of the molecule is CC/C=C\C/C=C\C/C=C\C/C=C\C/C=C\C/C=C\C/C=C\C/C=C\C/C=C\CCCCCC(=O)NC(COC1OC(CO)C(O)C(O)C1O)C(O)/C=C/CC/C=C/CCCCCCCCCCCCCCCCCCCCC. The molecule has 0 bridgehead atoms. The summed E-state index contributed by atoms with van der Waals surface area (Å²) in [5.74, 6) is -0.223. The lowest BCUT2D eigenvalue weighted by molar-refractivity contribution is -0.302. The van der Waals surface area contributed by atoms with Gasteiger partial charge in [0.15, 0.2) is 6.29 Å². The van der Waals surface area contributed by atoms with Crippen LogP contribution in [0.15, 0.2) is 134 Å². The van der Waals surface area contributed by atoms with Crippen molar-refractivity contribution >= 4 is 5.91 Å². The number of allylic oxidation sites excluding steroid dienone is 21. The quantitative estimate of drug-likeness (QED) is 0.0261. The van der Waals surface area contributed by atoms with Crippen molar-refractivity contribution in [1.29, 1.82) is 0 Å². The van der Waals surface area contributed by atoms with Gasteiger partial charge in [-0.25, -0.2) is 0 Å². The third kappa shape index (κ3) is 46.6. The van der Waals surface area contributed by atoms with Gasteiger partial charge < -0.3 is 40.3 Å². The first-order chi connectivity index (χ1) is 38.8. The Kier molecular flexibility index (Phi) is 53.4. The van der Waals surface area contributed by atoms with Gasteiger partial charge in [-0.15, -0.1) is 0 Å². The molecule has 9 nitrogen and oxygen atoms in total. The first kappa shape index (κ1) is 73.3. The van der Waals surface area contributed by atoms with Crippen LogP contribution >= 0.6 is 0 Å². The van der Waals surface area contributed by atoms with E-state index in [0.717, 1.165) is 96.3 Å². The molecule has 7 atom stereocenters. The normalized spacial score (nSPS) is 19.5. The van der Waals surface area contributed by atoms with Crippen LogP contribution in [0.1, 0.15) is 245 Å². The van der Waals surface area contributed by atoms with Crippen LogP contribution in [-0.2, 0) is 14.3 Å². The van der Waals surface area contributed by atoms with Crippen LogP contribution in [0.4, 0.5) is 0 Å². The van der Waals surface area contributed by atoms with E-state index in [1.165, 1.54) is 122 Å². The number of amides is 1. The second-order valence-electron chi connectivity index (χ2n) is 21.5. The van der Waals surface area contributed by atoms with Crippen molar-refractivity contribution in [2.24, 2.45) is 0 Å². The van der Waals surface area contributed by atoms with E-state index in [0.29, 0.717) is 6.42 Å². The molecule has 9 heteroatoms. The molecule has 7 unspecified atom stereocenters. The average molecular weight is 1100 g/mol. The third-order valence-corrected chi connectivity index (χ3v) is 14.2. The minimum atomic E-state index is -1.59. The molecule has 6 N–H and O–H groups in total. The van der Waals surface area contributed by atoms with Crippen molar-refractivity contribution in [3.05, 3.63) is 134 Å². The predicted octanol–water partition coefficient (Wildman–Crippen LogP) is 16.9. The Balaban J connectivity index is 2.27. The Bertz CT molecular complexity index is 1700. The van der Waals surface area contributed by atoms with Gasteiger partial charge in [0.05, 0.1) is 25.4 Å². The molecule has 0 spiro atoms. The maximum Gasteiger partial charge on any atom is 0.220 e. The molecule has 1 saturated heterocycles. The highest BCUT2D eigenvalue weighted by Gasteiger charge is 2.44. The number of carbonyl (C=O) groups is 1. The summed E-state index contributed by atoms with van der Waals surface area (Å²) < 4.78 is 11.3. The lowest BCUT2D eigenvalue weighted by Gasteiger charge is -2.40. The van der Waals surface area contributed by atoms with Crippen molar-refractivity contribution in [3.8, 4) is 0 Å². The molecule has 0 saturated carbocycles. The number of hydrogen-bond acceptors (Lipinski definition) is 8. The maximum absolute atomic E-state index is 13.1. The van der Waals surface area contributed by atoms with Crippen LogP contribution in [0.25, 0.3) is 0 Å². The molecular formula is C70H117NO8. The first-order valence-electron chi connectivity index (χ1n) is 31.9. The Morgan fingerprint density at radius 3 is 1.22 bits per heavy atom. The number of aliphatic hydroxyl groups is 5. The summed E-state index contributed by atoms with van der Waals surface area (Å²) in [5.41, 5.74) is 0. The van der Waals surface area contributed by atoms with Gasteiger partial charge in [0.2, 0.25) is 5.91 Å². The van der Waals surface area contributed by atoms with Crippen LogP contribution in [0.2, 0.25) is 0 Å². The van der Waals surface area contributed by atoms with Gasteiger partial charge in [0.1, 0.15) is 24.4 Å². The van der Waals surface area contributed by atoms with E-state index < -0.39 is 49.5 Å². The molecule has 1 rings (SSSR count). The number of carbonyl (C=O) groups excluding carboxylic acids is 1. The first-order valence-corrected chi connectivity index (χ1v) is 31.9. The summed E-state index contributed by atoms with van der Waals surface area (Å²) >= 11 is 0. The van der Waals surface area contributed by atoms with Gasteiger partial charge in [0.25, 0.3) is 0 Å². The Hall–Kier alpha value is -3.67. The summed E-state index contributed by atoms with van der Waals surface area (Å²) in [6, 6.07) is -0.852. The summed E-state index contributed by atoms with van der Waals surface area (Å²) in [6.07, 6.45) is 81.0. The maximum atomic E-state index is 13.1.